The molecule has 1 N–H and O–H groups in total. The molecule has 1 amide bonds. The molecule has 0 saturated carbocycles. The number of rotatable bonds is 9. The van der Waals surface area contributed by atoms with Crippen molar-refractivity contribution in [2.24, 2.45) is 0 Å². The van der Waals surface area contributed by atoms with E-state index in [1.165, 1.54) is 25.9 Å². The Morgan fingerprint density at radius 1 is 1.17 bits per heavy atom. The Morgan fingerprint density at radius 2 is 1.83 bits per heavy atom. The first-order chi connectivity index (χ1) is 14.5. The van der Waals surface area contributed by atoms with Crippen LogP contribution in [0.2, 0.25) is 0 Å². The average molecular weight is 421 g/mol. The molecule has 2 saturated heterocycles. The van der Waals surface area contributed by atoms with E-state index in [-0.39, 0.29) is 5.91 Å². The van der Waals surface area contributed by atoms with Crippen LogP contribution in [0, 0.1) is 13.8 Å². The Bertz CT molecular complexity index is 642. The van der Waals surface area contributed by atoms with E-state index in [4.69, 9.17) is 9.26 Å². The summed E-state index contributed by atoms with van der Waals surface area (Å²) in [6, 6.07) is 1.82. The molecule has 3 heterocycles. The van der Waals surface area contributed by atoms with Gasteiger partial charge < -0.3 is 19.5 Å². The van der Waals surface area contributed by atoms with Crippen molar-refractivity contribution in [3.63, 3.8) is 0 Å². The highest BCUT2D eigenvalue weighted by Gasteiger charge is 2.31. The lowest BCUT2D eigenvalue weighted by atomic mass is 9.97. The molecule has 7 nitrogen and oxygen atoms in total. The highest BCUT2D eigenvalue weighted by Crippen LogP contribution is 2.24. The third-order valence-corrected chi connectivity index (χ3v) is 6.83. The number of carbonyl (C=O) groups excluding carboxylic acids is 1. The summed E-state index contributed by atoms with van der Waals surface area (Å²) in [6.07, 6.45) is 5.80. The monoisotopic (exact) mass is 420 g/mol. The molecular formula is C23H40N4O3. The lowest BCUT2D eigenvalue weighted by Gasteiger charge is -2.44. The fourth-order valence-corrected chi connectivity index (χ4v) is 4.92. The van der Waals surface area contributed by atoms with Gasteiger partial charge in [0.1, 0.15) is 5.76 Å². The van der Waals surface area contributed by atoms with Crippen molar-refractivity contribution in [2.45, 2.75) is 84.3 Å². The number of carbonyl (C=O) groups is 1. The normalized spacial score (nSPS) is 19.7. The Morgan fingerprint density at radius 3 is 2.43 bits per heavy atom. The summed E-state index contributed by atoms with van der Waals surface area (Å²) in [5.41, 5.74) is 1.95. The fraction of sp³-hybridized carbons (Fsp3) is 0.826. The number of nitrogens with zero attached hydrogens (tertiary/aromatic N) is 3. The van der Waals surface area contributed by atoms with Gasteiger partial charge in [-0.3, -0.25) is 9.69 Å². The number of hydrogen-bond donors (Lipinski definition) is 1. The van der Waals surface area contributed by atoms with E-state index in [1.807, 2.05) is 13.8 Å². The first kappa shape index (κ1) is 23.2. The van der Waals surface area contributed by atoms with Crippen molar-refractivity contribution in [1.82, 2.24) is 20.3 Å². The fourth-order valence-electron chi connectivity index (χ4n) is 4.92. The molecule has 1 aromatic rings. The molecule has 0 bridgehead atoms. The largest absolute Gasteiger partial charge is 0.381 e. The van der Waals surface area contributed by atoms with Crippen LogP contribution >= 0.6 is 0 Å². The second kappa shape index (κ2) is 11.3. The van der Waals surface area contributed by atoms with E-state index in [2.05, 4.69) is 34.1 Å². The molecule has 0 radical (unpaired) electrons. The topological polar surface area (TPSA) is 70.8 Å². The SMILES string of the molecule is Cc1noc(C)c1CCC(=O)NCCN(C1CCOCC1)C1CCN(C(C)C)CC1. The summed E-state index contributed by atoms with van der Waals surface area (Å²) >= 11 is 0. The summed E-state index contributed by atoms with van der Waals surface area (Å²) in [7, 11) is 0. The molecule has 2 fully saturated rings. The van der Waals surface area contributed by atoms with Crippen LogP contribution < -0.4 is 5.32 Å². The lowest BCUT2D eigenvalue weighted by Crippen LogP contribution is -2.53. The first-order valence-corrected chi connectivity index (χ1v) is 11.7. The van der Waals surface area contributed by atoms with Gasteiger partial charge in [0.05, 0.1) is 5.69 Å². The molecule has 2 aliphatic rings. The van der Waals surface area contributed by atoms with Crippen LogP contribution in [0.15, 0.2) is 4.52 Å². The predicted octanol–water partition coefficient (Wildman–Crippen LogP) is 2.69. The van der Waals surface area contributed by atoms with Crippen molar-refractivity contribution >= 4 is 5.91 Å². The molecule has 0 atom stereocenters. The van der Waals surface area contributed by atoms with Crippen LogP contribution in [0.4, 0.5) is 0 Å². The maximum Gasteiger partial charge on any atom is 0.220 e. The molecule has 3 rings (SSSR count). The Kier molecular flexibility index (Phi) is 8.72. The number of piperidine rings is 1. The number of aromatic nitrogens is 1. The van der Waals surface area contributed by atoms with Crippen LogP contribution in [-0.4, -0.2) is 78.4 Å². The van der Waals surface area contributed by atoms with E-state index in [1.54, 1.807) is 0 Å². The molecule has 0 spiro atoms. The van der Waals surface area contributed by atoms with Crippen molar-refractivity contribution in [2.75, 3.05) is 39.4 Å². The van der Waals surface area contributed by atoms with E-state index in [0.717, 1.165) is 49.6 Å². The summed E-state index contributed by atoms with van der Waals surface area (Å²) in [5, 5.41) is 7.12. The predicted molar refractivity (Wildman–Crippen MR) is 118 cm³/mol. The third kappa shape index (κ3) is 6.28. The quantitative estimate of drug-likeness (QED) is 0.662. The summed E-state index contributed by atoms with van der Waals surface area (Å²) in [4.78, 5) is 17.7. The van der Waals surface area contributed by atoms with E-state index in [9.17, 15) is 4.79 Å². The number of likely N-dealkylation sites (tertiary alicyclic amines) is 1. The maximum absolute atomic E-state index is 12.4. The van der Waals surface area contributed by atoms with Gasteiger partial charge in [0.2, 0.25) is 5.91 Å². The molecule has 170 valence electrons. The zero-order valence-corrected chi connectivity index (χ0v) is 19.3. The van der Waals surface area contributed by atoms with E-state index in [0.29, 0.717) is 37.5 Å². The highest BCUT2D eigenvalue weighted by atomic mass is 16.5. The van der Waals surface area contributed by atoms with Crippen LogP contribution in [0.3, 0.4) is 0 Å². The van der Waals surface area contributed by atoms with Crippen molar-refractivity contribution in [3.05, 3.63) is 17.0 Å². The second-order valence-electron chi connectivity index (χ2n) is 9.09. The number of hydrogen-bond acceptors (Lipinski definition) is 6. The summed E-state index contributed by atoms with van der Waals surface area (Å²) in [5.74, 6) is 0.926. The molecular weight excluding hydrogens is 380 g/mol. The van der Waals surface area contributed by atoms with Crippen LogP contribution in [0.5, 0.6) is 0 Å². The van der Waals surface area contributed by atoms with Gasteiger partial charge in [-0.25, -0.2) is 0 Å². The number of ether oxygens (including phenoxy) is 1. The van der Waals surface area contributed by atoms with Gasteiger partial charge in [0, 0.05) is 56.4 Å². The van der Waals surface area contributed by atoms with Gasteiger partial charge >= 0.3 is 0 Å². The number of aryl methyl sites for hydroxylation is 2. The zero-order valence-electron chi connectivity index (χ0n) is 19.3. The minimum absolute atomic E-state index is 0.108. The standard InChI is InChI=1S/C23H40N4O3/c1-17(2)26-12-7-20(8-13-26)27(21-9-15-29-16-10-21)14-11-24-23(28)6-5-22-18(3)25-30-19(22)4/h17,20-21H,5-16H2,1-4H3,(H,24,28). The van der Waals surface area contributed by atoms with Gasteiger partial charge in [-0.05, 0) is 72.9 Å². The van der Waals surface area contributed by atoms with Gasteiger partial charge in [-0.1, -0.05) is 5.16 Å². The smallest absolute Gasteiger partial charge is 0.220 e. The third-order valence-electron chi connectivity index (χ3n) is 6.83. The Hall–Kier alpha value is -1.44. The molecule has 2 aliphatic heterocycles. The minimum atomic E-state index is 0.108. The average Bonchev–Trinajstić information content (AvgIpc) is 3.08. The Balaban J connectivity index is 1.47. The van der Waals surface area contributed by atoms with E-state index >= 15 is 0 Å². The minimum Gasteiger partial charge on any atom is -0.381 e. The second-order valence-corrected chi connectivity index (χ2v) is 9.09. The molecule has 0 aliphatic carbocycles. The number of amides is 1. The van der Waals surface area contributed by atoms with Gasteiger partial charge in [-0.15, -0.1) is 0 Å². The molecule has 0 aromatic carbocycles. The van der Waals surface area contributed by atoms with Crippen molar-refractivity contribution in [3.8, 4) is 0 Å². The zero-order chi connectivity index (χ0) is 21.5. The van der Waals surface area contributed by atoms with Gasteiger partial charge in [0.25, 0.3) is 0 Å². The maximum atomic E-state index is 12.4. The van der Waals surface area contributed by atoms with Crippen molar-refractivity contribution < 1.29 is 14.1 Å². The first-order valence-electron chi connectivity index (χ1n) is 11.7. The van der Waals surface area contributed by atoms with E-state index < -0.39 is 0 Å². The van der Waals surface area contributed by atoms with Crippen LogP contribution in [0.25, 0.3) is 0 Å². The molecule has 7 heteroatoms. The van der Waals surface area contributed by atoms with Gasteiger partial charge in [0.15, 0.2) is 0 Å². The molecule has 1 aromatic heterocycles. The molecule has 30 heavy (non-hydrogen) atoms. The summed E-state index contributed by atoms with van der Waals surface area (Å²) < 4.78 is 10.8. The molecule has 0 unspecified atom stereocenters. The Labute approximate surface area is 181 Å². The summed E-state index contributed by atoms with van der Waals surface area (Å²) in [6.45, 7) is 14.1. The number of nitrogens with one attached hydrogen (secondary N) is 1. The lowest BCUT2D eigenvalue weighted by molar-refractivity contribution is -0.121. The van der Waals surface area contributed by atoms with Gasteiger partial charge in [-0.2, -0.15) is 0 Å². The van der Waals surface area contributed by atoms with Crippen LogP contribution in [-0.2, 0) is 16.0 Å². The van der Waals surface area contributed by atoms with Crippen LogP contribution in [0.1, 0.15) is 63.0 Å². The highest BCUT2D eigenvalue weighted by molar-refractivity contribution is 5.76. The van der Waals surface area contributed by atoms with Crippen molar-refractivity contribution in [1.29, 1.82) is 0 Å².